The fourth-order valence-electron chi connectivity index (χ4n) is 3.97. The van der Waals surface area contributed by atoms with Crippen LogP contribution in [0.2, 0.25) is 0 Å². The topological polar surface area (TPSA) is 138 Å². The van der Waals surface area contributed by atoms with Crippen LogP contribution in [0.3, 0.4) is 0 Å². The molecular formula is C22H28N2O9. The molecule has 0 radical (unpaired) electrons. The van der Waals surface area contributed by atoms with E-state index in [1.54, 1.807) is 18.2 Å². The first kappa shape index (κ1) is 25.8. The molecule has 0 saturated heterocycles. The molecule has 1 heterocycles. The average molecular weight is 464 g/mol. The molecule has 0 aromatic carbocycles. The number of pyridine rings is 1. The maximum atomic E-state index is 12.7. The Labute approximate surface area is 191 Å². The van der Waals surface area contributed by atoms with Crippen molar-refractivity contribution in [3.63, 3.8) is 0 Å². The highest BCUT2D eigenvalue weighted by Crippen LogP contribution is 2.36. The first-order valence-corrected chi connectivity index (χ1v) is 10.4. The zero-order valence-corrected chi connectivity index (χ0v) is 19.2. The Morgan fingerprint density at radius 3 is 1.91 bits per heavy atom. The number of esters is 4. The van der Waals surface area contributed by atoms with Gasteiger partial charge in [0.2, 0.25) is 5.91 Å². The molecule has 1 aliphatic carbocycles. The van der Waals surface area contributed by atoms with Gasteiger partial charge in [0.25, 0.3) is 0 Å². The van der Waals surface area contributed by atoms with E-state index in [9.17, 15) is 24.0 Å². The molecule has 180 valence electrons. The van der Waals surface area contributed by atoms with Crippen LogP contribution < -0.4 is 4.90 Å². The maximum absolute atomic E-state index is 12.7. The predicted molar refractivity (Wildman–Crippen MR) is 113 cm³/mol. The van der Waals surface area contributed by atoms with E-state index < -0.39 is 60.1 Å². The molecule has 33 heavy (non-hydrogen) atoms. The summed E-state index contributed by atoms with van der Waals surface area (Å²) in [6.07, 6.45) is -1.95. The van der Waals surface area contributed by atoms with E-state index in [1.807, 2.05) is 0 Å². The number of aromatic nitrogens is 1. The highest BCUT2D eigenvalue weighted by Gasteiger charge is 2.53. The van der Waals surface area contributed by atoms with E-state index in [1.165, 1.54) is 38.8 Å². The number of nitrogens with zero attached hydrogens (tertiary/aromatic N) is 2. The fraction of sp³-hybridized carbons (Fsp3) is 0.545. The summed E-state index contributed by atoms with van der Waals surface area (Å²) in [5.74, 6) is -3.43. The van der Waals surface area contributed by atoms with Crippen LogP contribution in [-0.4, -0.2) is 65.7 Å². The van der Waals surface area contributed by atoms with Gasteiger partial charge < -0.3 is 18.9 Å². The van der Waals surface area contributed by atoms with Gasteiger partial charge in [0.05, 0.1) is 12.6 Å². The van der Waals surface area contributed by atoms with Gasteiger partial charge in [-0.25, -0.2) is 4.98 Å². The van der Waals surface area contributed by atoms with Crippen LogP contribution in [0.5, 0.6) is 0 Å². The van der Waals surface area contributed by atoms with Gasteiger partial charge in [-0.1, -0.05) is 6.07 Å². The normalized spacial score (nSPS) is 24.2. The third-order valence-electron chi connectivity index (χ3n) is 5.01. The Morgan fingerprint density at radius 1 is 0.848 bits per heavy atom. The standard InChI is InChI=1S/C22H28N2O9/c1-12(25)24(19-8-6-7-9-23-19)18-10-17(11-30-13(2)26)20(31-14(3)27)22(33-16(5)29)21(18)32-15(4)28/h6-9,17-18,20-22H,10-11H2,1-5H3/t17-,18+,20-,21-,22+/m1/s1. The summed E-state index contributed by atoms with van der Waals surface area (Å²) < 4.78 is 21.6. The summed E-state index contributed by atoms with van der Waals surface area (Å²) in [7, 11) is 0. The van der Waals surface area contributed by atoms with Crippen LogP contribution in [0.25, 0.3) is 0 Å². The van der Waals surface area contributed by atoms with E-state index in [0.717, 1.165) is 6.92 Å². The lowest BCUT2D eigenvalue weighted by atomic mass is 9.78. The second-order valence-electron chi connectivity index (χ2n) is 7.66. The van der Waals surface area contributed by atoms with Crippen LogP contribution >= 0.6 is 0 Å². The Morgan fingerprint density at radius 2 is 1.42 bits per heavy atom. The van der Waals surface area contributed by atoms with Crippen molar-refractivity contribution in [2.24, 2.45) is 5.92 Å². The van der Waals surface area contributed by atoms with Crippen LogP contribution in [0.4, 0.5) is 5.82 Å². The number of rotatable bonds is 7. The number of carbonyl (C=O) groups is 5. The summed E-state index contributed by atoms with van der Waals surface area (Å²) in [5.41, 5.74) is 0. The summed E-state index contributed by atoms with van der Waals surface area (Å²) >= 11 is 0. The van der Waals surface area contributed by atoms with Crippen molar-refractivity contribution in [2.75, 3.05) is 11.5 Å². The molecule has 1 aliphatic rings. The van der Waals surface area contributed by atoms with Crippen LogP contribution in [0.15, 0.2) is 24.4 Å². The molecule has 5 atom stereocenters. The average Bonchev–Trinajstić information content (AvgIpc) is 2.70. The first-order chi connectivity index (χ1) is 15.5. The number of carbonyl (C=O) groups excluding carboxylic acids is 5. The molecule has 1 aromatic heterocycles. The highest BCUT2D eigenvalue weighted by molar-refractivity contribution is 5.91. The smallest absolute Gasteiger partial charge is 0.303 e. The largest absolute Gasteiger partial charge is 0.465 e. The molecule has 0 aliphatic heterocycles. The third-order valence-corrected chi connectivity index (χ3v) is 5.01. The SMILES string of the molecule is CC(=O)OC[C@H]1C[C@H](N(C(C)=O)c2ccccn2)[C@@H](OC(C)=O)[C@@H](OC(C)=O)[C@@H]1OC(C)=O. The monoisotopic (exact) mass is 464 g/mol. The lowest BCUT2D eigenvalue weighted by molar-refractivity contribution is -0.202. The van der Waals surface area contributed by atoms with E-state index in [4.69, 9.17) is 18.9 Å². The number of hydrogen-bond acceptors (Lipinski definition) is 10. The Kier molecular flexibility index (Phi) is 8.89. The minimum Gasteiger partial charge on any atom is -0.465 e. The number of anilines is 1. The zero-order chi connectivity index (χ0) is 24.7. The minimum atomic E-state index is -1.26. The van der Waals surface area contributed by atoms with Crippen molar-refractivity contribution in [3.8, 4) is 0 Å². The zero-order valence-electron chi connectivity index (χ0n) is 19.2. The molecule has 1 fully saturated rings. The molecular weight excluding hydrogens is 436 g/mol. The summed E-state index contributed by atoms with van der Waals surface area (Å²) in [4.78, 5) is 65.5. The molecule has 0 unspecified atom stereocenters. The molecule has 1 aromatic rings. The van der Waals surface area contributed by atoms with Crippen molar-refractivity contribution in [3.05, 3.63) is 24.4 Å². The molecule has 0 bridgehead atoms. The lowest BCUT2D eigenvalue weighted by Crippen LogP contribution is -2.64. The van der Waals surface area contributed by atoms with Gasteiger partial charge in [-0.3, -0.25) is 28.9 Å². The molecule has 11 nitrogen and oxygen atoms in total. The maximum Gasteiger partial charge on any atom is 0.303 e. The summed E-state index contributed by atoms with van der Waals surface area (Å²) in [6.45, 7) is 5.87. The molecule has 2 rings (SSSR count). The number of hydrogen-bond donors (Lipinski definition) is 0. The van der Waals surface area contributed by atoms with E-state index >= 15 is 0 Å². The van der Waals surface area contributed by atoms with Crippen LogP contribution in [-0.2, 0) is 42.9 Å². The predicted octanol–water partition coefficient (Wildman–Crippen LogP) is 1.18. The van der Waals surface area contributed by atoms with E-state index in [2.05, 4.69) is 4.98 Å². The molecule has 1 amide bonds. The molecule has 1 saturated carbocycles. The van der Waals surface area contributed by atoms with Gasteiger partial charge in [0.1, 0.15) is 11.9 Å². The fourth-order valence-corrected chi connectivity index (χ4v) is 3.97. The Bertz CT molecular complexity index is 889. The van der Waals surface area contributed by atoms with Crippen LogP contribution in [0, 0.1) is 5.92 Å². The van der Waals surface area contributed by atoms with Gasteiger partial charge in [-0.2, -0.15) is 0 Å². The van der Waals surface area contributed by atoms with Crippen LogP contribution in [0.1, 0.15) is 41.0 Å². The summed E-state index contributed by atoms with van der Waals surface area (Å²) in [5, 5.41) is 0. The minimum absolute atomic E-state index is 0.0943. The van der Waals surface area contributed by atoms with Gasteiger partial charge >= 0.3 is 23.9 Å². The van der Waals surface area contributed by atoms with Crippen molar-refractivity contribution in [2.45, 2.75) is 65.4 Å². The Balaban J connectivity index is 2.62. The quantitative estimate of drug-likeness (QED) is 0.427. The van der Waals surface area contributed by atoms with Gasteiger partial charge in [0.15, 0.2) is 12.2 Å². The van der Waals surface area contributed by atoms with Crippen molar-refractivity contribution < 1.29 is 42.9 Å². The summed E-state index contributed by atoms with van der Waals surface area (Å²) in [6, 6.07) is 4.10. The second kappa shape index (κ2) is 11.4. The number of amides is 1. The second-order valence-corrected chi connectivity index (χ2v) is 7.66. The first-order valence-electron chi connectivity index (χ1n) is 10.4. The van der Waals surface area contributed by atoms with Crippen molar-refractivity contribution in [1.82, 2.24) is 4.98 Å². The Hall–Kier alpha value is -3.50. The highest BCUT2D eigenvalue weighted by atomic mass is 16.6. The third kappa shape index (κ3) is 6.99. The molecule has 0 N–H and O–H groups in total. The van der Waals surface area contributed by atoms with Crippen molar-refractivity contribution in [1.29, 1.82) is 0 Å². The molecule has 11 heteroatoms. The molecule has 0 spiro atoms. The van der Waals surface area contributed by atoms with Gasteiger partial charge in [-0.05, 0) is 18.6 Å². The van der Waals surface area contributed by atoms with Crippen molar-refractivity contribution >= 4 is 35.6 Å². The van der Waals surface area contributed by atoms with E-state index in [-0.39, 0.29) is 18.8 Å². The van der Waals surface area contributed by atoms with Gasteiger partial charge in [0, 0.05) is 46.7 Å². The number of ether oxygens (including phenoxy) is 4. The van der Waals surface area contributed by atoms with Gasteiger partial charge in [-0.15, -0.1) is 0 Å². The lowest BCUT2D eigenvalue weighted by Gasteiger charge is -2.47. The van der Waals surface area contributed by atoms with E-state index in [0.29, 0.717) is 0 Å².